The summed E-state index contributed by atoms with van der Waals surface area (Å²) in [6.45, 7) is 6.38. The summed E-state index contributed by atoms with van der Waals surface area (Å²) < 4.78 is 17.1. The lowest BCUT2D eigenvalue weighted by atomic mass is 9.85. The molecule has 2 fully saturated rings. The lowest BCUT2D eigenvalue weighted by molar-refractivity contribution is -0.144. The Kier molecular flexibility index (Phi) is 6.97. The maximum Gasteiger partial charge on any atom is 0.248 e. The smallest absolute Gasteiger partial charge is 0.248 e. The minimum Gasteiger partial charge on any atom is -0.391 e. The van der Waals surface area contributed by atoms with E-state index in [1.54, 1.807) is 10.7 Å². The first-order chi connectivity index (χ1) is 18.0. The molecule has 0 bridgehead atoms. The number of aliphatic hydroxyl groups is 1. The first-order valence-electron chi connectivity index (χ1n) is 13.3. The van der Waals surface area contributed by atoms with Gasteiger partial charge in [-0.1, -0.05) is 26.0 Å². The van der Waals surface area contributed by atoms with Gasteiger partial charge in [0.2, 0.25) is 11.8 Å². The summed E-state index contributed by atoms with van der Waals surface area (Å²) in [5.41, 5.74) is 1.87. The number of likely N-dealkylation sites (tertiary alicyclic amines) is 1. The fraction of sp³-hybridized carbons (Fsp3) is 0.593. The summed E-state index contributed by atoms with van der Waals surface area (Å²) in [7, 11) is 1.89. The Morgan fingerprint density at radius 2 is 2.03 bits per heavy atom. The molecule has 2 N–H and O–H groups in total. The van der Waals surface area contributed by atoms with Crippen molar-refractivity contribution >= 4 is 22.8 Å². The van der Waals surface area contributed by atoms with Crippen LogP contribution in [-0.2, 0) is 23.1 Å². The van der Waals surface area contributed by atoms with Crippen LogP contribution in [0.4, 0.5) is 4.39 Å². The predicted octanol–water partition coefficient (Wildman–Crippen LogP) is 2.48. The monoisotopic (exact) mass is 525 g/mol. The number of hydrogen-bond donors (Lipinski definition) is 2. The van der Waals surface area contributed by atoms with E-state index in [1.807, 2.05) is 38.6 Å². The van der Waals surface area contributed by atoms with Gasteiger partial charge in [0.05, 0.1) is 22.8 Å². The number of fused-ring (bicyclic) bond motifs is 1. The van der Waals surface area contributed by atoms with Gasteiger partial charge >= 0.3 is 0 Å². The molecule has 2 aliphatic rings. The summed E-state index contributed by atoms with van der Waals surface area (Å²) >= 11 is 0. The number of nitrogens with zero attached hydrogens (tertiary/aromatic N) is 6. The quantitative estimate of drug-likeness (QED) is 0.437. The summed E-state index contributed by atoms with van der Waals surface area (Å²) in [5.74, 6) is 0.365. The maximum absolute atomic E-state index is 13.8. The summed E-state index contributed by atoms with van der Waals surface area (Å²) in [4.78, 5) is 33.0. The molecule has 3 aromatic rings. The van der Waals surface area contributed by atoms with Gasteiger partial charge in [-0.15, -0.1) is 5.10 Å². The summed E-state index contributed by atoms with van der Waals surface area (Å²) in [6.07, 6.45) is 4.67. The third-order valence-corrected chi connectivity index (χ3v) is 7.52. The van der Waals surface area contributed by atoms with Crippen LogP contribution in [0.1, 0.15) is 69.9 Å². The molecule has 1 saturated heterocycles. The molecule has 2 amide bonds. The van der Waals surface area contributed by atoms with Crippen molar-refractivity contribution in [3.63, 3.8) is 0 Å². The van der Waals surface area contributed by atoms with E-state index >= 15 is 0 Å². The molecule has 5 rings (SSSR count). The SMILES string of the molecule is Cn1c(CCCNC(=O)[C@@H]2C[C@@H](O)CN2C(=O)[C@@H](n2cc(C3CC3)nn2)C(C)(C)C)nc2cc(F)ccc21. The van der Waals surface area contributed by atoms with Crippen LogP contribution in [0.15, 0.2) is 24.4 Å². The van der Waals surface area contributed by atoms with Crippen molar-refractivity contribution in [2.24, 2.45) is 12.5 Å². The van der Waals surface area contributed by atoms with Gasteiger partial charge in [-0.05, 0) is 36.8 Å². The molecule has 3 heterocycles. The third-order valence-electron chi connectivity index (χ3n) is 7.52. The number of hydrogen-bond acceptors (Lipinski definition) is 6. The van der Waals surface area contributed by atoms with Gasteiger partial charge in [-0.25, -0.2) is 14.1 Å². The van der Waals surface area contributed by atoms with Crippen molar-refractivity contribution in [1.82, 2.24) is 34.8 Å². The standard InChI is InChI=1S/C27H36FN7O3/c1-27(2,3)24(35-15-20(31-32-35)16-7-8-16)26(38)34-14-18(36)13-22(34)25(37)29-11-5-6-23-30-19-12-17(28)9-10-21(19)33(23)4/h9-10,12,15-16,18,22,24,36H,5-8,11,13-14H2,1-4H3,(H,29,37)/t18-,22+,24-/m1/s1. The Bertz CT molecular complexity index is 1340. The lowest BCUT2D eigenvalue weighted by Crippen LogP contribution is -2.50. The van der Waals surface area contributed by atoms with Crippen molar-refractivity contribution in [2.45, 2.75) is 77.0 Å². The Morgan fingerprint density at radius 3 is 2.74 bits per heavy atom. The average molecular weight is 526 g/mol. The number of carbonyl (C=O) groups excluding carboxylic acids is 2. The van der Waals surface area contributed by atoms with Gasteiger partial charge in [0.15, 0.2) is 0 Å². The number of benzene rings is 1. The molecule has 204 valence electrons. The van der Waals surface area contributed by atoms with Gasteiger partial charge in [0.25, 0.3) is 0 Å². The van der Waals surface area contributed by atoms with E-state index in [2.05, 4.69) is 20.6 Å². The number of amides is 2. The number of imidazole rings is 1. The molecule has 3 atom stereocenters. The Morgan fingerprint density at radius 1 is 1.26 bits per heavy atom. The molecule has 0 unspecified atom stereocenters. The normalized spacial score (nSPS) is 20.7. The topological polar surface area (TPSA) is 118 Å². The van der Waals surface area contributed by atoms with Crippen LogP contribution < -0.4 is 5.32 Å². The van der Waals surface area contributed by atoms with Gasteiger partial charge in [0, 0.05) is 51.2 Å². The van der Waals surface area contributed by atoms with Crippen LogP contribution >= 0.6 is 0 Å². The molecule has 11 heteroatoms. The first-order valence-corrected chi connectivity index (χ1v) is 13.3. The largest absolute Gasteiger partial charge is 0.391 e. The van der Waals surface area contributed by atoms with Gasteiger partial charge < -0.3 is 19.9 Å². The van der Waals surface area contributed by atoms with Crippen molar-refractivity contribution in [3.8, 4) is 0 Å². The van der Waals surface area contributed by atoms with Gasteiger partial charge in [0.1, 0.15) is 23.7 Å². The molecule has 2 aromatic heterocycles. The zero-order valence-electron chi connectivity index (χ0n) is 22.4. The molecule has 1 aliphatic carbocycles. The van der Waals surface area contributed by atoms with Crippen molar-refractivity contribution in [2.75, 3.05) is 13.1 Å². The fourth-order valence-electron chi connectivity index (χ4n) is 5.35. The second kappa shape index (κ2) is 10.1. The average Bonchev–Trinajstić information content (AvgIpc) is 3.33. The highest BCUT2D eigenvalue weighted by molar-refractivity contribution is 5.90. The molecule has 1 saturated carbocycles. The van der Waals surface area contributed by atoms with E-state index in [0.29, 0.717) is 30.8 Å². The van der Waals surface area contributed by atoms with Crippen molar-refractivity contribution in [1.29, 1.82) is 0 Å². The van der Waals surface area contributed by atoms with Crippen LogP contribution in [0.25, 0.3) is 11.0 Å². The zero-order chi connectivity index (χ0) is 27.2. The minimum absolute atomic E-state index is 0.101. The number of aliphatic hydroxyl groups excluding tert-OH is 1. The first kappa shape index (κ1) is 26.3. The number of β-amino-alcohol motifs (C(OH)–C–C–N with tert-alkyl or cyclic N) is 1. The molecule has 38 heavy (non-hydrogen) atoms. The molecule has 10 nitrogen and oxygen atoms in total. The van der Waals surface area contributed by atoms with Gasteiger partial charge in [-0.3, -0.25) is 9.59 Å². The van der Waals surface area contributed by atoms with E-state index < -0.39 is 23.6 Å². The fourth-order valence-corrected chi connectivity index (χ4v) is 5.35. The van der Waals surface area contributed by atoms with E-state index in [9.17, 15) is 19.1 Å². The molecule has 1 aliphatic heterocycles. The number of aryl methyl sites for hydroxylation is 2. The van der Waals surface area contributed by atoms with E-state index in [0.717, 1.165) is 29.9 Å². The number of halogens is 1. The third kappa shape index (κ3) is 5.29. The van der Waals surface area contributed by atoms with Crippen molar-refractivity contribution in [3.05, 3.63) is 41.7 Å². The van der Waals surface area contributed by atoms with E-state index in [-0.39, 0.29) is 30.6 Å². The van der Waals surface area contributed by atoms with Crippen LogP contribution in [0.3, 0.4) is 0 Å². The predicted molar refractivity (Wildman–Crippen MR) is 139 cm³/mol. The van der Waals surface area contributed by atoms with E-state index in [1.165, 1.54) is 17.0 Å². The van der Waals surface area contributed by atoms with Crippen LogP contribution in [0, 0.1) is 11.2 Å². The second-order valence-corrected chi connectivity index (χ2v) is 11.7. The number of carbonyl (C=O) groups is 2. The molecular formula is C27H36FN7O3. The molecule has 0 radical (unpaired) electrons. The Hall–Kier alpha value is -3.34. The Balaban J connectivity index is 1.23. The van der Waals surface area contributed by atoms with Gasteiger partial charge in [-0.2, -0.15) is 0 Å². The zero-order valence-corrected chi connectivity index (χ0v) is 22.4. The van der Waals surface area contributed by atoms with Crippen LogP contribution in [0.5, 0.6) is 0 Å². The highest BCUT2D eigenvalue weighted by atomic mass is 19.1. The molecular weight excluding hydrogens is 489 g/mol. The molecule has 0 spiro atoms. The maximum atomic E-state index is 13.8. The second-order valence-electron chi connectivity index (χ2n) is 11.7. The number of rotatable bonds is 8. The molecule has 1 aromatic carbocycles. The highest BCUT2D eigenvalue weighted by Gasteiger charge is 2.45. The summed E-state index contributed by atoms with van der Waals surface area (Å²) in [5, 5.41) is 21.9. The number of nitrogens with one attached hydrogen (secondary N) is 1. The van der Waals surface area contributed by atoms with Crippen molar-refractivity contribution < 1.29 is 19.1 Å². The summed E-state index contributed by atoms with van der Waals surface area (Å²) in [6, 6.07) is 3.12. The van der Waals surface area contributed by atoms with E-state index in [4.69, 9.17) is 0 Å². The van der Waals surface area contributed by atoms with Crippen LogP contribution in [0.2, 0.25) is 0 Å². The Labute approximate surface area is 221 Å². The highest BCUT2D eigenvalue weighted by Crippen LogP contribution is 2.40. The lowest BCUT2D eigenvalue weighted by Gasteiger charge is -2.34. The minimum atomic E-state index is -0.770. The van der Waals surface area contributed by atoms with Crippen LogP contribution in [-0.4, -0.2) is 71.6 Å². The number of aromatic nitrogens is 5.